The maximum Gasteiger partial charge on any atom is 0.228 e. The number of rotatable bonds is 2. The van der Waals surface area contributed by atoms with Gasteiger partial charge in [0.2, 0.25) is 5.91 Å². The smallest absolute Gasteiger partial charge is 0.228 e. The van der Waals surface area contributed by atoms with Crippen molar-refractivity contribution in [3.05, 3.63) is 30.1 Å². The first-order chi connectivity index (χ1) is 7.75. The van der Waals surface area contributed by atoms with Crippen LogP contribution in [0.15, 0.2) is 24.3 Å². The van der Waals surface area contributed by atoms with E-state index < -0.39 is 0 Å². The number of hydrogen-bond donors (Lipinski definition) is 2. The third kappa shape index (κ3) is 3.98. The fraction of sp³-hybridized carbons (Fsp3) is 0.417. The van der Waals surface area contributed by atoms with Crippen LogP contribution < -0.4 is 10.6 Å². The molecular weight excluding hydrogens is 243 g/mol. The molecule has 0 aromatic heterocycles. The van der Waals surface area contributed by atoms with Gasteiger partial charge in [0.15, 0.2) is 0 Å². The quantitative estimate of drug-likeness (QED) is 0.854. The SMILES string of the molecule is Cl.O=C(Nc1ccc(F)cc1)[C@@H]1CCCNC1. The minimum atomic E-state index is -0.294. The van der Waals surface area contributed by atoms with Gasteiger partial charge in [-0.2, -0.15) is 0 Å². The van der Waals surface area contributed by atoms with E-state index in [1.165, 1.54) is 12.1 Å². The van der Waals surface area contributed by atoms with Crippen LogP contribution in [0.2, 0.25) is 0 Å². The van der Waals surface area contributed by atoms with Crippen LogP contribution in [0.1, 0.15) is 12.8 Å². The summed E-state index contributed by atoms with van der Waals surface area (Å²) < 4.78 is 12.7. The fourth-order valence-corrected chi connectivity index (χ4v) is 1.85. The van der Waals surface area contributed by atoms with Crippen molar-refractivity contribution in [1.82, 2.24) is 5.32 Å². The molecule has 0 aliphatic carbocycles. The summed E-state index contributed by atoms with van der Waals surface area (Å²) in [6, 6.07) is 5.83. The molecule has 0 saturated carbocycles. The summed E-state index contributed by atoms with van der Waals surface area (Å²) in [5, 5.41) is 5.98. The number of nitrogens with one attached hydrogen (secondary N) is 2. The molecule has 1 aromatic carbocycles. The number of anilines is 1. The Hall–Kier alpha value is -1.13. The van der Waals surface area contributed by atoms with Crippen LogP contribution in [-0.4, -0.2) is 19.0 Å². The van der Waals surface area contributed by atoms with Crippen LogP contribution in [0.25, 0.3) is 0 Å². The molecule has 0 radical (unpaired) electrons. The van der Waals surface area contributed by atoms with E-state index in [1.54, 1.807) is 12.1 Å². The Morgan fingerprint density at radius 1 is 1.35 bits per heavy atom. The summed E-state index contributed by atoms with van der Waals surface area (Å²) in [6.45, 7) is 1.72. The van der Waals surface area contributed by atoms with Gasteiger partial charge in [-0.15, -0.1) is 12.4 Å². The predicted molar refractivity (Wildman–Crippen MR) is 67.9 cm³/mol. The summed E-state index contributed by atoms with van der Waals surface area (Å²) in [5.41, 5.74) is 0.650. The average Bonchev–Trinajstić information content (AvgIpc) is 2.33. The first-order valence-electron chi connectivity index (χ1n) is 5.53. The molecule has 94 valence electrons. The number of carbonyl (C=O) groups excluding carboxylic acids is 1. The molecule has 1 heterocycles. The number of amides is 1. The zero-order valence-corrected chi connectivity index (χ0v) is 10.2. The van der Waals surface area contributed by atoms with E-state index in [1.807, 2.05) is 0 Å². The lowest BCUT2D eigenvalue weighted by Crippen LogP contribution is -2.37. The molecule has 0 bridgehead atoms. The zero-order chi connectivity index (χ0) is 11.4. The van der Waals surface area contributed by atoms with E-state index in [-0.39, 0.29) is 30.0 Å². The summed E-state index contributed by atoms with van der Waals surface area (Å²) in [4.78, 5) is 11.8. The monoisotopic (exact) mass is 258 g/mol. The Bertz CT molecular complexity index is 363. The molecule has 1 saturated heterocycles. The molecule has 2 rings (SSSR count). The summed E-state index contributed by atoms with van der Waals surface area (Å²) in [7, 11) is 0. The maximum atomic E-state index is 12.7. The minimum Gasteiger partial charge on any atom is -0.326 e. The highest BCUT2D eigenvalue weighted by Crippen LogP contribution is 2.14. The lowest BCUT2D eigenvalue weighted by Gasteiger charge is -2.21. The second-order valence-corrected chi connectivity index (χ2v) is 4.04. The Morgan fingerprint density at radius 2 is 2.06 bits per heavy atom. The molecule has 1 aliphatic heterocycles. The molecule has 1 atom stereocenters. The standard InChI is InChI=1S/C12H15FN2O.ClH/c13-10-3-5-11(6-4-10)15-12(16)9-2-1-7-14-8-9;/h3-6,9,14H,1-2,7-8H2,(H,15,16);1H/t9-;/m1./s1. The minimum absolute atomic E-state index is 0. The molecule has 17 heavy (non-hydrogen) atoms. The van der Waals surface area contributed by atoms with Crippen molar-refractivity contribution in [2.45, 2.75) is 12.8 Å². The van der Waals surface area contributed by atoms with Crippen molar-refractivity contribution >= 4 is 24.0 Å². The Morgan fingerprint density at radius 3 is 2.65 bits per heavy atom. The second-order valence-electron chi connectivity index (χ2n) is 4.04. The van der Waals surface area contributed by atoms with Crippen LogP contribution in [0.4, 0.5) is 10.1 Å². The molecule has 1 amide bonds. The number of carbonyl (C=O) groups is 1. The van der Waals surface area contributed by atoms with Gasteiger partial charge in [-0.05, 0) is 43.7 Å². The van der Waals surface area contributed by atoms with Crippen LogP contribution >= 0.6 is 12.4 Å². The molecule has 2 N–H and O–H groups in total. The Labute approximate surface area is 106 Å². The number of benzene rings is 1. The van der Waals surface area contributed by atoms with E-state index in [4.69, 9.17) is 0 Å². The van der Waals surface area contributed by atoms with Gasteiger partial charge in [0.25, 0.3) is 0 Å². The maximum absolute atomic E-state index is 12.7. The van der Waals surface area contributed by atoms with Crippen molar-refractivity contribution < 1.29 is 9.18 Å². The summed E-state index contributed by atoms with van der Waals surface area (Å²) in [6.07, 6.45) is 1.95. The summed E-state index contributed by atoms with van der Waals surface area (Å²) in [5.74, 6) is -0.255. The van der Waals surface area contributed by atoms with Crippen molar-refractivity contribution in [2.24, 2.45) is 5.92 Å². The summed E-state index contributed by atoms with van der Waals surface area (Å²) >= 11 is 0. The number of piperidine rings is 1. The van der Waals surface area contributed by atoms with E-state index in [0.29, 0.717) is 5.69 Å². The topological polar surface area (TPSA) is 41.1 Å². The van der Waals surface area contributed by atoms with Crippen molar-refractivity contribution in [3.63, 3.8) is 0 Å². The highest BCUT2D eigenvalue weighted by molar-refractivity contribution is 5.92. The molecular formula is C12H16ClFN2O. The van der Waals surface area contributed by atoms with E-state index in [2.05, 4.69) is 10.6 Å². The van der Waals surface area contributed by atoms with Gasteiger partial charge < -0.3 is 10.6 Å². The largest absolute Gasteiger partial charge is 0.326 e. The van der Waals surface area contributed by atoms with E-state index >= 15 is 0 Å². The highest BCUT2D eigenvalue weighted by atomic mass is 35.5. The molecule has 0 unspecified atom stereocenters. The Kier molecular flexibility index (Phi) is 5.38. The third-order valence-corrected chi connectivity index (χ3v) is 2.78. The fourth-order valence-electron chi connectivity index (χ4n) is 1.85. The van der Waals surface area contributed by atoms with Crippen molar-refractivity contribution in [2.75, 3.05) is 18.4 Å². The van der Waals surface area contributed by atoms with Crippen molar-refractivity contribution in [3.8, 4) is 0 Å². The lowest BCUT2D eigenvalue weighted by atomic mass is 9.99. The Balaban J connectivity index is 0.00000144. The van der Waals surface area contributed by atoms with Crippen molar-refractivity contribution in [1.29, 1.82) is 0 Å². The normalized spacial score (nSPS) is 19.2. The van der Waals surface area contributed by atoms with Gasteiger partial charge in [-0.25, -0.2) is 4.39 Å². The molecule has 1 aliphatic rings. The zero-order valence-electron chi connectivity index (χ0n) is 9.41. The second kappa shape index (κ2) is 6.57. The molecule has 3 nitrogen and oxygen atoms in total. The molecule has 1 aromatic rings. The van der Waals surface area contributed by atoms with Gasteiger partial charge >= 0.3 is 0 Å². The van der Waals surface area contributed by atoms with Crippen LogP contribution in [0.5, 0.6) is 0 Å². The first kappa shape index (κ1) is 13.9. The van der Waals surface area contributed by atoms with Gasteiger partial charge in [-0.3, -0.25) is 4.79 Å². The van der Waals surface area contributed by atoms with Crippen LogP contribution in [0.3, 0.4) is 0 Å². The first-order valence-corrected chi connectivity index (χ1v) is 5.53. The molecule has 1 fully saturated rings. The van der Waals surface area contributed by atoms with E-state index in [0.717, 1.165) is 25.9 Å². The third-order valence-electron chi connectivity index (χ3n) is 2.78. The van der Waals surface area contributed by atoms with Crippen LogP contribution in [0, 0.1) is 11.7 Å². The number of halogens is 2. The van der Waals surface area contributed by atoms with Gasteiger partial charge in [-0.1, -0.05) is 0 Å². The van der Waals surface area contributed by atoms with E-state index in [9.17, 15) is 9.18 Å². The number of hydrogen-bond acceptors (Lipinski definition) is 2. The van der Waals surface area contributed by atoms with Gasteiger partial charge in [0.1, 0.15) is 5.82 Å². The molecule has 5 heteroatoms. The average molecular weight is 259 g/mol. The van der Waals surface area contributed by atoms with Gasteiger partial charge in [0, 0.05) is 12.2 Å². The lowest BCUT2D eigenvalue weighted by molar-refractivity contribution is -0.120. The predicted octanol–water partition coefficient (Wildman–Crippen LogP) is 2.19. The van der Waals surface area contributed by atoms with Gasteiger partial charge in [0.05, 0.1) is 5.92 Å². The molecule has 0 spiro atoms. The highest BCUT2D eigenvalue weighted by Gasteiger charge is 2.20. The van der Waals surface area contributed by atoms with Crippen LogP contribution in [-0.2, 0) is 4.79 Å².